The van der Waals surface area contributed by atoms with Crippen LogP contribution in [0, 0.1) is 0 Å². The number of methoxy groups -OCH3 is 3. The Kier molecular flexibility index (Phi) is 10.4. The largest absolute Gasteiger partial charge is 0.496 e. The molecule has 0 fully saturated rings. The summed E-state index contributed by atoms with van der Waals surface area (Å²) in [6.07, 6.45) is 0.129. The van der Waals surface area contributed by atoms with Gasteiger partial charge in [0, 0.05) is 25.0 Å². The van der Waals surface area contributed by atoms with E-state index in [1.807, 2.05) is 43.3 Å². The van der Waals surface area contributed by atoms with Gasteiger partial charge in [0.15, 0.2) is 0 Å². The van der Waals surface area contributed by atoms with E-state index in [1.54, 1.807) is 35.0 Å². The molecule has 0 spiro atoms. The van der Waals surface area contributed by atoms with E-state index in [-0.39, 0.29) is 6.42 Å². The van der Waals surface area contributed by atoms with Crippen molar-refractivity contribution in [2.45, 2.75) is 58.8 Å². The van der Waals surface area contributed by atoms with Crippen LogP contribution >= 0.6 is 0 Å². The maximum absolute atomic E-state index is 12.3. The first kappa shape index (κ1) is 28.0. The minimum absolute atomic E-state index is 0.251. The van der Waals surface area contributed by atoms with E-state index in [4.69, 9.17) is 23.7 Å². The van der Waals surface area contributed by atoms with Gasteiger partial charge >= 0.3 is 12.1 Å². The Morgan fingerprint density at radius 1 is 0.943 bits per heavy atom. The lowest BCUT2D eigenvalue weighted by Gasteiger charge is -2.22. The molecule has 8 nitrogen and oxygen atoms in total. The summed E-state index contributed by atoms with van der Waals surface area (Å²) in [5.74, 6) is 0.876. The van der Waals surface area contributed by atoms with Crippen molar-refractivity contribution in [3.63, 3.8) is 0 Å². The van der Waals surface area contributed by atoms with Crippen LogP contribution < -0.4 is 14.8 Å². The van der Waals surface area contributed by atoms with Gasteiger partial charge in [0.05, 0.1) is 27.9 Å². The van der Waals surface area contributed by atoms with Crippen LogP contribution in [0.15, 0.2) is 36.4 Å². The summed E-state index contributed by atoms with van der Waals surface area (Å²) in [5, 5.41) is 2.61. The molecule has 0 radical (unpaired) electrons. The number of hydrogen-bond donors (Lipinski definition) is 1. The third-order valence-electron chi connectivity index (χ3n) is 5.13. The average Bonchev–Trinajstić information content (AvgIpc) is 2.81. The van der Waals surface area contributed by atoms with E-state index in [1.165, 1.54) is 7.11 Å². The number of benzene rings is 2. The molecule has 192 valence electrons. The SMILES string of the molecule is CCOCc1cc(OC)c(Cc2cccc(C[C@H](NC(=O)OC(C)(C)C)C(=O)OC)c2)c(OC)c1. The van der Waals surface area contributed by atoms with Crippen LogP contribution in [0.25, 0.3) is 0 Å². The van der Waals surface area contributed by atoms with Crippen molar-refractivity contribution in [3.8, 4) is 11.5 Å². The van der Waals surface area contributed by atoms with E-state index in [0.29, 0.717) is 31.1 Å². The average molecular weight is 488 g/mol. The van der Waals surface area contributed by atoms with Gasteiger partial charge in [0.1, 0.15) is 23.1 Å². The van der Waals surface area contributed by atoms with Crippen molar-refractivity contribution in [2.24, 2.45) is 0 Å². The third-order valence-corrected chi connectivity index (χ3v) is 5.13. The molecule has 1 amide bonds. The Labute approximate surface area is 207 Å². The van der Waals surface area contributed by atoms with Gasteiger partial charge < -0.3 is 29.0 Å². The lowest BCUT2D eigenvalue weighted by Crippen LogP contribution is -2.45. The summed E-state index contributed by atoms with van der Waals surface area (Å²) in [6, 6.07) is 10.8. The van der Waals surface area contributed by atoms with Crippen molar-refractivity contribution >= 4 is 12.1 Å². The summed E-state index contributed by atoms with van der Waals surface area (Å²) in [4.78, 5) is 24.6. The molecular formula is C27H37NO7. The van der Waals surface area contributed by atoms with E-state index in [9.17, 15) is 9.59 Å². The number of esters is 1. The van der Waals surface area contributed by atoms with Crippen molar-refractivity contribution in [1.82, 2.24) is 5.32 Å². The number of amides is 1. The zero-order chi connectivity index (χ0) is 26.0. The van der Waals surface area contributed by atoms with Gasteiger partial charge in [-0.25, -0.2) is 9.59 Å². The van der Waals surface area contributed by atoms with Gasteiger partial charge in [0.2, 0.25) is 0 Å². The van der Waals surface area contributed by atoms with E-state index >= 15 is 0 Å². The van der Waals surface area contributed by atoms with Crippen LogP contribution in [0.3, 0.4) is 0 Å². The molecule has 35 heavy (non-hydrogen) atoms. The lowest BCUT2D eigenvalue weighted by molar-refractivity contribution is -0.143. The zero-order valence-electron chi connectivity index (χ0n) is 21.7. The maximum atomic E-state index is 12.3. The molecule has 1 N–H and O–H groups in total. The minimum Gasteiger partial charge on any atom is -0.496 e. The van der Waals surface area contributed by atoms with Crippen LogP contribution in [0.4, 0.5) is 4.79 Å². The summed E-state index contributed by atoms with van der Waals surface area (Å²) < 4.78 is 27.0. The second-order valence-corrected chi connectivity index (χ2v) is 9.04. The fraction of sp³-hybridized carbons (Fsp3) is 0.481. The quantitative estimate of drug-likeness (QED) is 0.469. The molecule has 0 aliphatic heterocycles. The molecule has 0 saturated carbocycles. The minimum atomic E-state index is -0.882. The monoisotopic (exact) mass is 487 g/mol. The number of hydrogen-bond acceptors (Lipinski definition) is 7. The first-order valence-corrected chi connectivity index (χ1v) is 11.6. The van der Waals surface area contributed by atoms with Gasteiger partial charge in [-0.05, 0) is 56.5 Å². The van der Waals surface area contributed by atoms with Crippen LogP contribution in [0.5, 0.6) is 11.5 Å². The van der Waals surface area contributed by atoms with Crippen molar-refractivity contribution < 1.29 is 33.3 Å². The maximum Gasteiger partial charge on any atom is 0.408 e. The molecule has 0 aromatic heterocycles. The summed E-state index contributed by atoms with van der Waals surface area (Å²) in [7, 11) is 4.54. The number of rotatable bonds is 11. The van der Waals surface area contributed by atoms with Gasteiger partial charge in [-0.15, -0.1) is 0 Å². The molecule has 2 aromatic carbocycles. The van der Waals surface area contributed by atoms with Crippen molar-refractivity contribution in [1.29, 1.82) is 0 Å². The summed E-state index contributed by atoms with van der Waals surface area (Å²) in [6.45, 7) is 8.32. The highest BCUT2D eigenvalue weighted by molar-refractivity contribution is 5.81. The molecule has 0 heterocycles. The fourth-order valence-electron chi connectivity index (χ4n) is 3.61. The van der Waals surface area contributed by atoms with Gasteiger partial charge in [0.25, 0.3) is 0 Å². The molecule has 8 heteroatoms. The fourth-order valence-corrected chi connectivity index (χ4v) is 3.61. The number of ether oxygens (including phenoxy) is 5. The van der Waals surface area contributed by atoms with E-state index in [2.05, 4.69) is 5.32 Å². The Morgan fingerprint density at radius 3 is 2.11 bits per heavy atom. The topological polar surface area (TPSA) is 92.3 Å². The smallest absolute Gasteiger partial charge is 0.408 e. The molecule has 0 bridgehead atoms. The highest BCUT2D eigenvalue weighted by atomic mass is 16.6. The summed E-state index contributed by atoms with van der Waals surface area (Å²) in [5.41, 5.74) is 3.05. The first-order valence-electron chi connectivity index (χ1n) is 11.6. The molecule has 2 rings (SSSR count). The molecule has 0 saturated heterocycles. The normalized spacial score (nSPS) is 12.0. The Bertz CT molecular complexity index is 972. The molecule has 0 aliphatic carbocycles. The number of carbonyl (C=O) groups is 2. The lowest BCUT2D eigenvalue weighted by atomic mass is 9.97. The van der Waals surface area contributed by atoms with Gasteiger partial charge in [-0.2, -0.15) is 0 Å². The predicted octanol–water partition coefficient (Wildman–Crippen LogP) is 4.44. The number of carbonyl (C=O) groups excluding carboxylic acids is 2. The second kappa shape index (κ2) is 13.0. The van der Waals surface area contributed by atoms with Crippen LogP contribution in [0.2, 0.25) is 0 Å². The van der Waals surface area contributed by atoms with Crippen molar-refractivity contribution in [2.75, 3.05) is 27.9 Å². The molecule has 1 atom stereocenters. The Hall–Kier alpha value is -3.26. The highest BCUT2D eigenvalue weighted by Gasteiger charge is 2.25. The molecular weight excluding hydrogens is 450 g/mol. The predicted molar refractivity (Wildman–Crippen MR) is 133 cm³/mol. The number of alkyl carbamates (subject to hydrolysis) is 1. The Morgan fingerprint density at radius 2 is 1.57 bits per heavy atom. The van der Waals surface area contributed by atoms with Crippen molar-refractivity contribution in [3.05, 3.63) is 58.7 Å². The van der Waals surface area contributed by atoms with E-state index in [0.717, 1.165) is 22.3 Å². The molecule has 0 unspecified atom stereocenters. The summed E-state index contributed by atoms with van der Waals surface area (Å²) >= 11 is 0. The standard InChI is InChI=1S/C27H37NO7/c1-8-34-17-20-15-23(31-5)21(24(16-20)32-6)13-18-10-9-11-19(12-18)14-22(25(29)33-7)28-26(30)35-27(2,3)4/h9-12,15-16,22H,8,13-14,17H2,1-7H3,(H,28,30)/t22-/m0/s1. The van der Waals surface area contributed by atoms with Gasteiger partial charge in [-0.1, -0.05) is 24.3 Å². The highest BCUT2D eigenvalue weighted by Crippen LogP contribution is 2.33. The second-order valence-electron chi connectivity index (χ2n) is 9.04. The van der Waals surface area contributed by atoms with Gasteiger partial charge in [-0.3, -0.25) is 0 Å². The first-order chi connectivity index (χ1) is 16.6. The third kappa shape index (κ3) is 8.79. The zero-order valence-corrected chi connectivity index (χ0v) is 21.7. The van der Waals surface area contributed by atoms with Crippen LogP contribution in [0.1, 0.15) is 49.9 Å². The molecule has 2 aromatic rings. The molecule has 0 aliphatic rings. The van der Waals surface area contributed by atoms with Crippen LogP contribution in [-0.2, 0) is 38.5 Å². The number of nitrogens with one attached hydrogen (secondary N) is 1. The van der Waals surface area contributed by atoms with E-state index < -0.39 is 23.7 Å². The Balaban J connectivity index is 2.26. The van der Waals surface area contributed by atoms with Crippen LogP contribution in [-0.4, -0.2) is 51.6 Å².